The van der Waals surface area contributed by atoms with Gasteiger partial charge in [0, 0.05) is 6.07 Å². The van der Waals surface area contributed by atoms with Crippen molar-refractivity contribution >= 4 is 5.97 Å². The van der Waals surface area contributed by atoms with Crippen LogP contribution in [0.5, 0.6) is 11.5 Å². The Balaban J connectivity index is 1.84. The van der Waals surface area contributed by atoms with E-state index in [-0.39, 0.29) is 28.7 Å². The fourth-order valence-electron chi connectivity index (χ4n) is 4.15. The van der Waals surface area contributed by atoms with E-state index in [9.17, 15) is 20.1 Å². The lowest BCUT2D eigenvalue weighted by Gasteiger charge is -2.31. The minimum absolute atomic E-state index is 0.0270. The average Bonchev–Trinajstić information content (AvgIpc) is 2.60. The maximum Gasteiger partial charge on any atom is 0.335 e. The van der Waals surface area contributed by atoms with Crippen LogP contribution in [0.15, 0.2) is 36.4 Å². The summed E-state index contributed by atoms with van der Waals surface area (Å²) in [6.07, 6.45) is 3.56. The van der Waals surface area contributed by atoms with Gasteiger partial charge in [-0.05, 0) is 71.8 Å². The first-order valence-corrected chi connectivity index (χ1v) is 9.56. The van der Waals surface area contributed by atoms with E-state index < -0.39 is 5.97 Å². The Morgan fingerprint density at radius 3 is 2.00 bits per heavy atom. The van der Waals surface area contributed by atoms with Crippen LogP contribution in [0.2, 0.25) is 0 Å². The van der Waals surface area contributed by atoms with Crippen LogP contribution in [-0.4, -0.2) is 21.3 Å². The first-order valence-electron chi connectivity index (χ1n) is 9.56. The van der Waals surface area contributed by atoms with Gasteiger partial charge >= 0.3 is 5.97 Å². The van der Waals surface area contributed by atoms with Gasteiger partial charge in [-0.1, -0.05) is 39.0 Å². The molecule has 144 valence electrons. The predicted molar refractivity (Wildman–Crippen MR) is 106 cm³/mol. The van der Waals surface area contributed by atoms with Crippen molar-refractivity contribution in [2.24, 2.45) is 0 Å². The molecule has 0 aromatic heterocycles. The second-order valence-electron chi connectivity index (χ2n) is 8.65. The number of aromatic hydroxyl groups is 2. The minimum atomic E-state index is -0.872. The lowest BCUT2D eigenvalue weighted by molar-refractivity contribution is 0.0694. The summed E-state index contributed by atoms with van der Waals surface area (Å²) >= 11 is 0. The summed E-state index contributed by atoms with van der Waals surface area (Å²) in [5.74, 6) is -0.215. The van der Waals surface area contributed by atoms with Gasteiger partial charge in [0.05, 0.1) is 5.56 Å². The van der Waals surface area contributed by atoms with Gasteiger partial charge in [-0.3, -0.25) is 0 Å². The number of benzene rings is 2. The Kier molecular flexibility index (Phi) is 5.18. The first kappa shape index (κ1) is 19.3. The van der Waals surface area contributed by atoms with E-state index >= 15 is 0 Å². The molecule has 0 saturated heterocycles. The molecule has 4 nitrogen and oxygen atoms in total. The highest BCUT2D eigenvalue weighted by Crippen LogP contribution is 2.44. The number of hydrogen-bond acceptors (Lipinski definition) is 3. The highest BCUT2D eigenvalue weighted by molar-refractivity contribution is 5.89. The number of carboxylic acids is 1. The molecule has 4 heteroatoms. The Bertz CT molecular complexity index is 840. The van der Waals surface area contributed by atoms with E-state index in [1.54, 1.807) is 18.2 Å². The van der Waals surface area contributed by atoms with Crippen molar-refractivity contribution in [3.63, 3.8) is 0 Å². The van der Waals surface area contributed by atoms with Crippen LogP contribution in [0, 0.1) is 0 Å². The molecule has 0 bridgehead atoms. The standard InChI is InChI=1S/C23H28O4/c1-23(2,3)16-8-10-19(22(26)27)20(12-16)15-6-4-14(5-7-15)18-11-9-17(24)13-21(18)25/h8-15,24-25H,4-7H2,1-3H3,(H,26,27)/t14-,15-. The Labute approximate surface area is 160 Å². The predicted octanol–water partition coefficient (Wildman–Crippen LogP) is 5.53. The van der Waals surface area contributed by atoms with Crippen molar-refractivity contribution in [1.29, 1.82) is 0 Å². The molecule has 1 fully saturated rings. The molecular formula is C23H28O4. The third kappa shape index (κ3) is 4.10. The zero-order chi connectivity index (χ0) is 19.8. The van der Waals surface area contributed by atoms with Crippen LogP contribution in [0.25, 0.3) is 0 Å². The molecule has 1 aliphatic rings. The first-order chi connectivity index (χ1) is 12.7. The summed E-state index contributed by atoms with van der Waals surface area (Å²) in [4.78, 5) is 11.7. The van der Waals surface area contributed by atoms with Gasteiger partial charge in [0.1, 0.15) is 11.5 Å². The molecular weight excluding hydrogens is 340 g/mol. The van der Waals surface area contributed by atoms with Gasteiger partial charge in [-0.15, -0.1) is 0 Å². The smallest absolute Gasteiger partial charge is 0.335 e. The maximum absolute atomic E-state index is 11.7. The van der Waals surface area contributed by atoms with Crippen LogP contribution in [-0.2, 0) is 5.41 Å². The third-order valence-corrected chi connectivity index (χ3v) is 5.77. The minimum Gasteiger partial charge on any atom is -0.508 e. The second kappa shape index (κ2) is 7.26. The zero-order valence-electron chi connectivity index (χ0n) is 16.2. The Hall–Kier alpha value is -2.49. The molecule has 0 radical (unpaired) electrons. The lowest BCUT2D eigenvalue weighted by Crippen LogP contribution is -2.18. The van der Waals surface area contributed by atoms with Crippen molar-refractivity contribution < 1.29 is 20.1 Å². The molecule has 2 aromatic carbocycles. The van der Waals surface area contributed by atoms with Crippen LogP contribution in [0.4, 0.5) is 0 Å². The molecule has 1 aliphatic carbocycles. The largest absolute Gasteiger partial charge is 0.508 e. The number of carbonyl (C=O) groups is 1. The molecule has 3 rings (SSSR count). The quantitative estimate of drug-likeness (QED) is 0.665. The molecule has 0 heterocycles. The van der Waals surface area contributed by atoms with Gasteiger partial charge in [-0.2, -0.15) is 0 Å². The zero-order valence-corrected chi connectivity index (χ0v) is 16.2. The van der Waals surface area contributed by atoms with Gasteiger partial charge in [-0.25, -0.2) is 4.79 Å². The number of carboxylic acid groups (broad SMARTS) is 1. The van der Waals surface area contributed by atoms with Crippen molar-refractivity contribution in [3.05, 3.63) is 58.7 Å². The molecule has 0 aliphatic heterocycles. The summed E-state index contributed by atoms with van der Waals surface area (Å²) in [6, 6.07) is 10.5. The molecule has 0 amide bonds. The lowest BCUT2D eigenvalue weighted by atomic mass is 9.73. The van der Waals surface area contributed by atoms with Gasteiger partial charge < -0.3 is 15.3 Å². The van der Waals surface area contributed by atoms with Gasteiger partial charge in [0.15, 0.2) is 0 Å². The van der Waals surface area contributed by atoms with Crippen LogP contribution < -0.4 is 0 Å². The topological polar surface area (TPSA) is 77.8 Å². The highest BCUT2D eigenvalue weighted by atomic mass is 16.4. The summed E-state index contributed by atoms with van der Waals surface area (Å²) in [5, 5.41) is 29.2. The SMILES string of the molecule is CC(C)(C)c1ccc(C(=O)O)c([C@H]2CC[C@H](c3ccc(O)cc3O)CC2)c1. The van der Waals surface area contributed by atoms with E-state index in [0.29, 0.717) is 5.56 Å². The maximum atomic E-state index is 11.7. The van der Waals surface area contributed by atoms with Gasteiger partial charge in [0.2, 0.25) is 0 Å². The average molecular weight is 368 g/mol. The highest BCUT2D eigenvalue weighted by Gasteiger charge is 2.28. The normalized spacial score (nSPS) is 20.4. The second-order valence-corrected chi connectivity index (χ2v) is 8.65. The monoisotopic (exact) mass is 368 g/mol. The Morgan fingerprint density at radius 1 is 0.889 bits per heavy atom. The molecule has 2 aromatic rings. The number of rotatable bonds is 3. The molecule has 3 N–H and O–H groups in total. The number of hydrogen-bond donors (Lipinski definition) is 3. The van der Waals surface area contributed by atoms with Crippen LogP contribution in [0.3, 0.4) is 0 Å². The summed E-state index contributed by atoms with van der Waals surface area (Å²) in [6.45, 7) is 6.41. The molecule has 0 atom stereocenters. The molecule has 0 spiro atoms. The molecule has 0 unspecified atom stereocenters. The fourth-order valence-corrected chi connectivity index (χ4v) is 4.15. The van der Waals surface area contributed by atoms with E-state index in [0.717, 1.165) is 42.4 Å². The van der Waals surface area contributed by atoms with Crippen molar-refractivity contribution in [2.45, 2.75) is 63.7 Å². The number of aromatic carboxylic acids is 1. The van der Waals surface area contributed by atoms with Crippen LogP contribution in [0.1, 0.15) is 85.3 Å². The molecule has 1 saturated carbocycles. The number of phenols is 2. The van der Waals surface area contributed by atoms with Crippen LogP contribution >= 0.6 is 0 Å². The van der Waals surface area contributed by atoms with E-state index in [2.05, 4.69) is 26.8 Å². The van der Waals surface area contributed by atoms with E-state index in [1.165, 1.54) is 6.07 Å². The van der Waals surface area contributed by atoms with Gasteiger partial charge in [0.25, 0.3) is 0 Å². The number of phenolic OH excluding ortho intramolecular Hbond substituents is 2. The summed E-state index contributed by atoms with van der Waals surface area (Å²) < 4.78 is 0. The van der Waals surface area contributed by atoms with Crippen molar-refractivity contribution in [2.75, 3.05) is 0 Å². The fraction of sp³-hybridized carbons (Fsp3) is 0.435. The van der Waals surface area contributed by atoms with Crippen molar-refractivity contribution in [3.8, 4) is 11.5 Å². The summed E-state index contributed by atoms with van der Waals surface area (Å²) in [7, 11) is 0. The Morgan fingerprint density at radius 2 is 1.48 bits per heavy atom. The third-order valence-electron chi connectivity index (χ3n) is 5.77. The van der Waals surface area contributed by atoms with E-state index in [4.69, 9.17) is 0 Å². The molecule has 27 heavy (non-hydrogen) atoms. The summed E-state index contributed by atoms with van der Waals surface area (Å²) in [5.41, 5.74) is 3.33. The van der Waals surface area contributed by atoms with E-state index in [1.807, 2.05) is 6.07 Å². The van der Waals surface area contributed by atoms with Crippen molar-refractivity contribution in [1.82, 2.24) is 0 Å².